The number of fused-ring (bicyclic) bond motifs is 2. The van der Waals surface area contributed by atoms with Crippen molar-refractivity contribution in [3.8, 4) is 5.75 Å². The number of aryl methyl sites for hydroxylation is 2. The van der Waals surface area contributed by atoms with Crippen molar-refractivity contribution < 1.29 is 19.1 Å². The van der Waals surface area contributed by atoms with Crippen LogP contribution in [-0.2, 0) is 16.1 Å². The lowest BCUT2D eigenvalue weighted by Crippen LogP contribution is -2.40. The van der Waals surface area contributed by atoms with Gasteiger partial charge >= 0.3 is 5.97 Å². The first-order chi connectivity index (χ1) is 14.4. The number of hydrogen-bond acceptors (Lipinski definition) is 6. The van der Waals surface area contributed by atoms with Crippen molar-refractivity contribution in [2.75, 3.05) is 25.2 Å². The minimum Gasteiger partial charge on any atom is -0.490 e. The molecule has 1 aliphatic rings. The first-order valence-electron chi connectivity index (χ1n) is 9.52. The molecule has 0 unspecified atom stereocenters. The summed E-state index contributed by atoms with van der Waals surface area (Å²) >= 11 is 0. The Balaban J connectivity index is 1.79. The molecule has 30 heavy (non-hydrogen) atoms. The molecule has 0 saturated carbocycles. The molecule has 0 spiro atoms. The number of esters is 1. The maximum Gasteiger partial charge on any atom is 0.343 e. The second-order valence-electron chi connectivity index (χ2n) is 7.18. The highest BCUT2D eigenvalue weighted by Gasteiger charge is 2.25. The number of rotatable bonds is 3. The van der Waals surface area contributed by atoms with Crippen LogP contribution in [0.5, 0.6) is 5.75 Å². The van der Waals surface area contributed by atoms with E-state index in [2.05, 4.69) is 4.98 Å². The summed E-state index contributed by atoms with van der Waals surface area (Å²) in [5, 5.41) is 0.259. The molecule has 1 aromatic carbocycles. The van der Waals surface area contributed by atoms with E-state index in [1.807, 2.05) is 25.1 Å². The highest BCUT2D eigenvalue weighted by molar-refractivity contribution is 5.97. The van der Waals surface area contributed by atoms with Crippen molar-refractivity contribution in [3.05, 3.63) is 63.6 Å². The molecule has 2 aromatic heterocycles. The molecule has 1 amide bonds. The Hall–Kier alpha value is -3.68. The molecule has 0 atom stereocenters. The van der Waals surface area contributed by atoms with Crippen molar-refractivity contribution in [3.63, 3.8) is 0 Å². The molecule has 4 rings (SSSR count). The Morgan fingerprint density at radius 2 is 2.00 bits per heavy atom. The highest BCUT2D eigenvalue weighted by atomic mass is 16.5. The van der Waals surface area contributed by atoms with E-state index in [4.69, 9.17) is 9.47 Å². The number of carbonyl (C=O) groups excluding carboxylic acids is 2. The number of nitrogens with zero attached hydrogens (tertiary/aromatic N) is 3. The molecule has 8 nitrogen and oxygen atoms in total. The molecule has 8 heteroatoms. The van der Waals surface area contributed by atoms with Crippen molar-refractivity contribution in [2.24, 2.45) is 0 Å². The largest absolute Gasteiger partial charge is 0.490 e. The summed E-state index contributed by atoms with van der Waals surface area (Å²) in [4.78, 5) is 44.2. The van der Waals surface area contributed by atoms with Crippen LogP contribution in [0.2, 0.25) is 0 Å². The molecule has 1 aliphatic heterocycles. The molecule has 154 valence electrons. The summed E-state index contributed by atoms with van der Waals surface area (Å²) in [6, 6.07) is 8.98. The number of carbonyl (C=O) groups is 2. The van der Waals surface area contributed by atoms with Gasteiger partial charge in [-0.3, -0.25) is 9.59 Å². The van der Waals surface area contributed by atoms with Crippen LogP contribution < -0.4 is 15.1 Å². The van der Waals surface area contributed by atoms with Gasteiger partial charge in [-0.25, -0.2) is 9.78 Å². The van der Waals surface area contributed by atoms with Crippen LogP contribution in [0, 0.1) is 13.8 Å². The standard InChI is InChI=1S/C22H21N3O5/c1-13-4-7-18-17(10-13)25(8-9-30-18)19(26)12-24-11-16(22(28)29-3)20(27)15-6-5-14(2)23-21(15)24/h4-7,10-11H,8-9,12H2,1-3H3. The molecule has 0 radical (unpaired) electrons. The molecule has 0 fully saturated rings. The minimum atomic E-state index is -0.754. The fourth-order valence-electron chi connectivity index (χ4n) is 3.55. The van der Waals surface area contributed by atoms with Gasteiger partial charge in [0.2, 0.25) is 11.3 Å². The zero-order valence-corrected chi connectivity index (χ0v) is 17.0. The maximum absolute atomic E-state index is 13.2. The summed E-state index contributed by atoms with van der Waals surface area (Å²) in [5.41, 5.74) is 2.15. The fourth-order valence-corrected chi connectivity index (χ4v) is 3.55. The van der Waals surface area contributed by atoms with E-state index in [9.17, 15) is 14.4 Å². The molecular weight excluding hydrogens is 386 g/mol. The van der Waals surface area contributed by atoms with E-state index in [-0.39, 0.29) is 23.4 Å². The zero-order chi connectivity index (χ0) is 21.4. The first-order valence-corrected chi connectivity index (χ1v) is 9.52. The topological polar surface area (TPSA) is 90.7 Å². The number of ether oxygens (including phenoxy) is 2. The van der Waals surface area contributed by atoms with E-state index in [0.29, 0.717) is 35.9 Å². The smallest absolute Gasteiger partial charge is 0.343 e. The van der Waals surface area contributed by atoms with Crippen molar-refractivity contribution in [1.82, 2.24) is 9.55 Å². The summed E-state index contributed by atoms with van der Waals surface area (Å²) in [7, 11) is 1.21. The molecule has 3 heterocycles. The summed E-state index contributed by atoms with van der Waals surface area (Å²) in [6.07, 6.45) is 1.35. The first kappa shape index (κ1) is 19.6. The van der Waals surface area contributed by atoms with Crippen LogP contribution in [0.15, 0.2) is 41.3 Å². The second-order valence-corrected chi connectivity index (χ2v) is 7.18. The second kappa shape index (κ2) is 7.62. The predicted molar refractivity (Wildman–Crippen MR) is 111 cm³/mol. The molecule has 0 bridgehead atoms. The Bertz CT molecular complexity index is 1230. The van der Waals surface area contributed by atoms with Crippen molar-refractivity contribution >= 4 is 28.6 Å². The van der Waals surface area contributed by atoms with Crippen LogP contribution >= 0.6 is 0 Å². The third-order valence-corrected chi connectivity index (χ3v) is 5.05. The number of benzene rings is 1. The number of anilines is 1. The lowest BCUT2D eigenvalue weighted by atomic mass is 10.1. The number of hydrogen-bond donors (Lipinski definition) is 0. The average Bonchev–Trinajstić information content (AvgIpc) is 2.74. The van der Waals surface area contributed by atoms with Gasteiger partial charge in [0.1, 0.15) is 30.1 Å². The number of pyridine rings is 2. The summed E-state index contributed by atoms with van der Waals surface area (Å²) < 4.78 is 11.9. The monoisotopic (exact) mass is 407 g/mol. The zero-order valence-electron chi connectivity index (χ0n) is 17.0. The normalized spacial score (nSPS) is 13.0. The molecule has 0 aliphatic carbocycles. The Morgan fingerprint density at radius 3 is 2.77 bits per heavy atom. The van der Waals surface area contributed by atoms with E-state index >= 15 is 0 Å². The number of amides is 1. The fraction of sp³-hybridized carbons (Fsp3) is 0.273. The van der Waals surface area contributed by atoms with Gasteiger partial charge in [0, 0.05) is 11.9 Å². The van der Waals surface area contributed by atoms with Gasteiger partial charge in [0.15, 0.2) is 0 Å². The molecule has 0 saturated heterocycles. The van der Waals surface area contributed by atoms with Gasteiger partial charge in [-0.1, -0.05) is 6.07 Å². The van der Waals surface area contributed by atoms with Gasteiger partial charge in [-0.15, -0.1) is 0 Å². The van der Waals surface area contributed by atoms with Crippen LogP contribution in [0.1, 0.15) is 21.6 Å². The lowest BCUT2D eigenvalue weighted by molar-refractivity contribution is -0.119. The van der Waals surface area contributed by atoms with Crippen LogP contribution in [-0.4, -0.2) is 41.7 Å². The average molecular weight is 407 g/mol. The van der Waals surface area contributed by atoms with Crippen LogP contribution in [0.4, 0.5) is 5.69 Å². The Labute approximate surface area is 172 Å². The van der Waals surface area contributed by atoms with Gasteiger partial charge in [-0.05, 0) is 43.7 Å². The summed E-state index contributed by atoms with van der Waals surface area (Å²) in [5.74, 6) is -0.306. The third kappa shape index (κ3) is 3.41. The lowest BCUT2D eigenvalue weighted by Gasteiger charge is -2.30. The van der Waals surface area contributed by atoms with E-state index in [1.54, 1.807) is 24.0 Å². The Kier molecular flexibility index (Phi) is 4.99. The quantitative estimate of drug-likeness (QED) is 0.619. The minimum absolute atomic E-state index is 0.0926. The SMILES string of the molecule is COC(=O)c1cn(CC(=O)N2CCOc3ccc(C)cc32)c2nc(C)ccc2c1=O. The van der Waals surface area contributed by atoms with Gasteiger partial charge in [0.25, 0.3) is 0 Å². The molecular formula is C22H21N3O5. The van der Waals surface area contributed by atoms with E-state index < -0.39 is 11.4 Å². The van der Waals surface area contributed by atoms with Crippen molar-refractivity contribution in [1.29, 1.82) is 0 Å². The van der Waals surface area contributed by atoms with Crippen LogP contribution in [0.25, 0.3) is 11.0 Å². The molecule has 0 N–H and O–H groups in total. The van der Waals surface area contributed by atoms with E-state index in [1.165, 1.54) is 17.9 Å². The number of methoxy groups -OCH3 is 1. The van der Waals surface area contributed by atoms with Gasteiger partial charge < -0.3 is 18.9 Å². The maximum atomic E-state index is 13.2. The van der Waals surface area contributed by atoms with Gasteiger partial charge in [0.05, 0.1) is 24.7 Å². The van der Waals surface area contributed by atoms with Crippen molar-refractivity contribution in [2.45, 2.75) is 20.4 Å². The van der Waals surface area contributed by atoms with E-state index in [0.717, 1.165) is 5.56 Å². The highest BCUT2D eigenvalue weighted by Crippen LogP contribution is 2.32. The number of aromatic nitrogens is 2. The summed E-state index contributed by atoms with van der Waals surface area (Å²) in [6.45, 7) is 4.44. The predicted octanol–water partition coefficient (Wildman–Crippen LogP) is 2.23. The van der Waals surface area contributed by atoms with Gasteiger partial charge in [-0.2, -0.15) is 0 Å². The third-order valence-electron chi connectivity index (χ3n) is 5.05. The Morgan fingerprint density at radius 1 is 1.20 bits per heavy atom. The van der Waals surface area contributed by atoms with Crippen LogP contribution in [0.3, 0.4) is 0 Å². The molecule has 3 aromatic rings.